The predicted molar refractivity (Wildman–Crippen MR) is 129 cm³/mol. The molecule has 0 radical (unpaired) electrons. The number of ether oxygens (including phenoxy) is 2. The summed E-state index contributed by atoms with van der Waals surface area (Å²) in [6, 6.07) is 4.35. The van der Waals surface area contributed by atoms with E-state index in [0.29, 0.717) is 16.7 Å². The summed E-state index contributed by atoms with van der Waals surface area (Å²) >= 11 is 0. The van der Waals surface area contributed by atoms with Crippen molar-refractivity contribution in [2.24, 2.45) is 16.7 Å². The molecule has 0 amide bonds. The molecule has 0 bridgehead atoms. The van der Waals surface area contributed by atoms with Crippen molar-refractivity contribution < 1.29 is 29.3 Å². The number of phenols is 1. The largest absolute Gasteiger partial charge is 0.504 e. The van der Waals surface area contributed by atoms with Crippen LogP contribution in [0.25, 0.3) is 0 Å². The lowest BCUT2D eigenvalue weighted by molar-refractivity contribution is -0.115. The summed E-state index contributed by atoms with van der Waals surface area (Å²) in [5.74, 6) is -0.790. The lowest BCUT2D eigenvalue weighted by Gasteiger charge is -2.50. The Morgan fingerprint density at radius 3 is 2.56 bits per heavy atom. The second-order valence-electron chi connectivity index (χ2n) is 10.2. The summed E-state index contributed by atoms with van der Waals surface area (Å²) in [5, 5.41) is 20.8. The van der Waals surface area contributed by atoms with E-state index in [2.05, 4.69) is 19.9 Å². The Kier molecular flexibility index (Phi) is 5.96. The van der Waals surface area contributed by atoms with Crippen LogP contribution < -0.4 is 4.74 Å². The number of allylic oxidation sites excluding steroid dienone is 6. The molecule has 6 nitrogen and oxygen atoms in total. The topological polar surface area (TPSA) is 93.1 Å². The molecule has 3 aliphatic carbocycles. The Labute approximate surface area is 200 Å². The first kappa shape index (κ1) is 23.9. The van der Waals surface area contributed by atoms with Crippen molar-refractivity contribution in [1.29, 1.82) is 0 Å². The second kappa shape index (κ2) is 8.49. The lowest BCUT2D eigenvalue weighted by atomic mass is 9.54. The molecule has 34 heavy (non-hydrogen) atoms. The maximum Gasteiger partial charge on any atom is 0.338 e. The van der Waals surface area contributed by atoms with Gasteiger partial charge in [0.15, 0.2) is 17.3 Å². The van der Waals surface area contributed by atoms with E-state index in [4.69, 9.17) is 9.47 Å². The third-order valence-electron chi connectivity index (χ3n) is 7.50. The van der Waals surface area contributed by atoms with Crippen LogP contribution in [-0.2, 0) is 9.53 Å². The van der Waals surface area contributed by atoms with Crippen LogP contribution in [0, 0.1) is 16.7 Å². The van der Waals surface area contributed by atoms with Crippen LogP contribution in [0.1, 0.15) is 57.3 Å². The third-order valence-corrected chi connectivity index (χ3v) is 7.50. The average Bonchev–Trinajstić information content (AvgIpc) is 2.79. The Balaban J connectivity index is 1.65. The number of carbonyl (C=O) groups excluding carboxylic acids is 2. The summed E-state index contributed by atoms with van der Waals surface area (Å²) in [7, 11) is 1.42. The van der Waals surface area contributed by atoms with Gasteiger partial charge in [-0.15, -0.1) is 0 Å². The number of aromatic hydroxyl groups is 1. The smallest absolute Gasteiger partial charge is 0.338 e. The number of Topliss-reactive ketones (excluding diaryl/α,β-unsaturated/α-hetero) is 1. The number of phenolic OH excluding ortho intramolecular Hbond substituents is 1. The van der Waals surface area contributed by atoms with Crippen molar-refractivity contribution >= 4 is 11.8 Å². The molecule has 1 aromatic rings. The molecule has 0 saturated heterocycles. The van der Waals surface area contributed by atoms with Gasteiger partial charge in [0.25, 0.3) is 0 Å². The number of ketones is 1. The van der Waals surface area contributed by atoms with E-state index < -0.39 is 16.8 Å². The average molecular weight is 465 g/mol. The second-order valence-corrected chi connectivity index (χ2v) is 10.2. The van der Waals surface area contributed by atoms with Crippen LogP contribution >= 0.6 is 0 Å². The standard InChI is InChI=1S/C28H32O6/c1-16(2)19-13-17-8-10-22-27(3,11-6-12-28(22,4)23(17)25(31)24(19)30)15-34-26(32)18-7-9-20(29)21(14-18)33-5/h7-10,13-14,16,29,31H,6,11-12,15H2,1-5H3. The van der Waals surface area contributed by atoms with E-state index in [1.54, 1.807) is 0 Å². The summed E-state index contributed by atoms with van der Waals surface area (Å²) in [5.41, 5.74) is 2.55. The van der Waals surface area contributed by atoms with Crippen LogP contribution in [-0.4, -0.2) is 35.7 Å². The van der Waals surface area contributed by atoms with Crippen LogP contribution in [0.15, 0.2) is 64.5 Å². The number of aliphatic hydroxyl groups excluding tert-OH is 1. The van der Waals surface area contributed by atoms with Crippen LogP contribution in [0.4, 0.5) is 0 Å². The van der Waals surface area contributed by atoms with Crippen LogP contribution in [0.2, 0.25) is 0 Å². The Morgan fingerprint density at radius 2 is 1.88 bits per heavy atom. The van der Waals surface area contributed by atoms with E-state index in [9.17, 15) is 19.8 Å². The first-order valence-corrected chi connectivity index (χ1v) is 11.7. The van der Waals surface area contributed by atoms with Gasteiger partial charge >= 0.3 is 5.97 Å². The molecule has 2 N–H and O–H groups in total. The first-order chi connectivity index (χ1) is 16.0. The lowest BCUT2D eigenvalue weighted by Crippen LogP contribution is -2.43. The Hall–Kier alpha value is -3.28. The fourth-order valence-electron chi connectivity index (χ4n) is 5.68. The fraction of sp³-hybridized carbons (Fsp3) is 0.429. The van der Waals surface area contributed by atoms with Crippen molar-refractivity contribution in [3.63, 3.8) is 0 Å². The number of hydrogen-bond donors (Lipinski definition) is 2. The van der Waals surface area contributed by atoms with Gasteiger partial charge in [-0.2, -0.15) is 0 Å². The zero-order valence-electron chi connectivity index (χ0n) is 20.4. The van der Waals surface area contributed by atoms with Crippen LogP contribution in [0.5, 0.6) is 11.5 Å². The van der Waals surface area contributed by atoms with Gasteiger partial charge in [-0.25, -0.2) is 4.79 Å². The highest BCUT2D eigenvalue weighted by Crippen LogP contribution is 2.59. The molecular weight excluding hydrogens is 432 g/mol. The molecular formula is C28H32O6. The molecule has 0 heterocycles. The Bertz CT molecular complexity index is 1180. The molecule has 1 aromatic carbocycles. The van der Waals surface area contributed by atoms with Crippen molar-refractivity contribution in [2.45, 2.75) is 47.0 Å². The SMILES string of the molecule is COc1cc(C(=O)OCC2(C)CCCC3(C)C2=CC=C2C=C(C(C)C)C(=O)C(O)=C23)ccc1O. The summed E-state index contributed by atoms with van der Waals surface area (Å²) in [6.45, 7) is 8.20. The molecule has 6 heteroatoms. The maximum atomic E-state index is 12.9. The first-order valence-electron chi connectivity index (χ1n) is 11.7. The fourth-order valence-corrected chi connectivity index (χ4v) is 5.68. The van der Waals surface area contributed by atoms with Crippen LogP contribution in [0.3, 0.4) is 0 Å². The number of fused-ring (bicyclic) bond motifs is 3. The number of carbonyl (C=O) groups is 2. The number of aliphatic hydroxyl groups is 1. The molecule has 2 atom stereocenters. The van der Waals surface area contributed by atoms with Gasteiger partial charge in [0.1, 0.15) is 6.61 Å². The highest BCUT2D eigenvalue weighted by molar-refractivity contribution is 6.10. The van der Waals surface area contributed by atoms with Crippen molar-refractivity contribution in [2.75, 3.05) is 13.7 Å². The molecule has 2 unspecified atom stereocenters. The predicted octanol–water partition coefficient (Wildman–Crippen LogP) is 5.60. The molecule has 4 rings (SSSR count). The molecule has 1 saturated carbocycles. The van der Waals surface area contributed by atoms with Gasteiger partial charge in [0.2, 0.25) is 5.78 Å². The zero-order valence-corrected chi connectivity index (χ0v) is 20.4. The van der Waals surface area contributed by atoms with Crippen molar-refractivity contribution in [1.82, 2.24) is 0 Å². The van der Waals surface area contributed by atoms with Gasteiger partial charge in [-0.05, 0) is 48.6 Å². The van der Waals surface area contributed by atoms with E-state index in [1.165, 1.54) is 25.3 Å². The van der Waals surface area contributed by atoms with Gasteiger partial charge < -0.3 is 19.7 Å². The van der Waals surface area contributed by atoms with E-state index in [1.807, 2.05) is 26.0 Å². The van der Waals surface area contributed by atoms with E-state index in [-0.39, 0.29) is 35.6 Å². The number of methoxy groups -OCH3 is 1. The van der Waals surface area contributed by atoms with Gasteiger partial charge in [0.05, 0.1) is 12.7 Å². The summed E-state index contributed by atoms with van der Waals surface area (Å²) < 4.78 is 10.8. The highest BCUT2D eigenvalue weighted by atomic mass is 16.5. The summed E-state index contributed by atoms with van der Waals surface area (Å²) in [4.78, 5) is 25.7. The third kappa shape index (κ3) is 3.75. The quantitative estimate of drug-likeness (QED) is 0.551. The molecule has 180 valence electrons. The van der Waals surface area contributed by atoms with E-state index >= 15 is 0 Å². The van der Waals surface area contributed by atoms with Gasteiger partial charge in [-0.3, -0.25) is 4.79 Å². The van der Waals surface area contributed by atoms with Crippen molar-refractivity contribution in [3.8, 4) is 11.5 Å². The minimum atomic E-state index is -0.524. The van der Waals surface area contributed by atoms with E-state index in [0.717, 1.165) is 30.4 Å². The number of benzene rings is 1. The molecule has 0 aromatic heterocycles. The van der Waals surface area contributed by atoms with Gasteiger partial charge in [0, 0.05) is 22.0 Å². The summed E-state index contributed by atoms with van der Waals surface area (Å²) in [6.07, 6.45) is 8.44. The minimum Gasteiger partial charge on any atom is -0.504 e. The number of esters is 1. The van der Waals surface area contributed by atoms with Gasteiger partial charge in [-0.1, -0.05) is 51.8 Å². The molecule has 0 spiro atoms. The number of hydrogen-bond acceptors (Lipinski definition) is 6. The monoisotopic (exact) mass is 464 g/mol. The molecule has 1 fully saturated rings. The maximum absolute atomic E-state index is 12.9. The highest BCUT2D eigenvalue weighted by Gasteiger charge is 2.51. The molecule has 0 aliphatic heterocycles. The molecule has 3 aliphatic rings. The number of rotatable bonds is 5. The minimum absolute atomic E-state index is 0.0184. The zero-order chi connectivity index (χ0) is 24.8. The normalized spacial score (nSPS) is 26.3. The van der Waals surface area contributed by atoms with Crippen molar-refractivity contribution in [3.05, 3.63) is 70.0 Å². The Morgan fingerprint density at radius 1 is 1.15 bits per heavy atom.